The molecule has 0 saturated carbocycles. The third-order valence-electron chi connectivity index (χ3n) is 7.88. The van der Waals surface area contributed by atoms with E-state index < -0.39 is 50.4 Å². The van der Waals surface area contributed by atoms with Crippen molar-refractivity contribution in [2.75, 3.05) is 0 Å². The second-order valence-corrected chi connectivity index (χ2v) is 38.0. The summed E-state index contributed by atoms with van der Waals surface area (Å²) in [5, 5.41) is 5.29. The van der Waals surface area contributed by atoms with Gasteiger partial charge in [0.15, 0.2) is 0 Å². The first-order valence-electron chi connectivity index (χ1n) is 18.3. The molecule has 0 atom stereocenters. The summed E-state index contributed by atoms with van der Waals surface area (Å²) in [5.74, 6) is 0. The second kappa shape index (κ2) is 20.3. The highest BCUT2D eigenvalue weighted by atomic mass is 28.5. The Kier molecular flexibility index (Phi) is 18.7. The van der Waals surface area contributed by atoms with Crippen LogP contribution in [0.25, 0.3) is 0 Å². The lowest BCUT2D eigenvalue weighted by molar-refractivity contribution is 0.399. The van der Waals surface area contributed by atoms with Gasteiger partial charge in [-0.2, -0.15) is 0 Å². The van der Waals surface area contributed by atoms with Gasteiger partial charge in [0.05, 0.1) is 0 Å². The Morgan fingerprint density at radius 3 is 0.540 bits per heavy atom. The van der Waals surface area contributed by atoms with Gasteiger partial charge < -0.3 is 16.5 Å². The molecule has 4 aromatic carbocycles. The maximum atomic E-state index is 6.66. The van der Waals surface area contributed by atoms with Gasteiger partial charge in [0, 0.05) is 0 Å². The lowest BCUT2D eigenvalue weighted by atomic mass is 10.4. The molecule has 4 aromatic rings. The van der Waals surface area contributed by atoms with E-state index in [0.29, 0.717) is 0 Å². The molecule has 0 spiro atoms. The van der Waals surface area contributed by atoms with Crippen LogP contribution in [0.5, 0.6) is 0 Å². The minimum absolute atomic E-state index is 1.32. The van der Waals surface area contributed by atoms with Crippen molar-refractivity contribution in [1.82, 2.24) is 0 Å². The molecule has 0 aliphatic rings. The Morgan fingerprint density at radius 2 is 0.400 bits per heavy atom. The van der Waals surface area contributed by atoms with Crippen molar-refractivity contribution in [3.63, 3.8) is 0 Å². The van der Waals surface area contributed by atoms with E-state index >= 15 is 0 Å². The Morgan fingerprint density at radius 1 is 0.260 bits per heavy atom. The van der Waals surface area contributed by atoms with Crippen LogP contribution in [-0.4, -0.2) is 50.4 Å². The van der Waals surface area contributed by atoms with Gasteiger partial charge in [-0.1, -0.05) is 149 Å². The van der Waals surface area contributed by atoms with Gasteiger partial charge in [0.1, 0.15) is 0 Å². The maximum Gasteiger partial charge on any atom is 0.311 e. The van der Waals surface area contributed by atoms with Gasteiger partial charge in [0.2, 0.25) is 33.3 Å². The maximum absolute atomic E-state index is 6.66. The van der Waals surface area contributed by atoms with Crippen LogP contribution in [0.2, 0.25) is 78.6 Å². The van der Waals surface area contributed by atoms with Gasteiger partial charge in [-0.25, -0.2) is 0 Å². The second-order valence-electron chi connectivity index (χ2n) is 14.7. The zero-order valence-corrected chi connectivity index (χ0v) is 40.2. The lowest BCUT2D eigenvalue weighted by Gasteiger charge is -2.39. The quantitative estimate of drug-likeness (QED) is 0.134. The molecule has 0 aliphatic heterocycles. The molecule has 0 radical (unpaired) electrons. The summed E-state index contributed by atoms with van der Waals surface area (Å²) < 4.78 is 26.6. The van der Waals surface area contributed by atoms with Crippen LogP contribution in [-0.2, 0) is 16.5 Å². The fraction of sp³-hybridized carbons (Fsp3) is 0.400. The number of benzene rings is 4. The molecule has 0 bridgehead atoms. The molecule has 0 saturated heterocycles. The van der Waals surface area contributed by atoms with Crippen LogP contribution in [0.3, 0.4) is 0 Å². The fourth-order valence-electron chi connectivity index (χ4n) is 6.09. The summed E-state index contributed by atoms with van der Waals surface area (Å²) in [4.78, 5) is 0. The van der Waals surface area contributed by atoms with Crippen molar-refractivity contribution in [3.8, 4) is 0 Å². The molecule has 0 aliphatic carbocycles. The highest BCUT2D eigenvalue weighted by molar-refractivity contribution is 6.96. The summed E-state index contributed by atoms with van der Waals surface area (Å²) in [6.07, 6.45) is 0. The predicted molar refractivity (Wildman–Crippen MR) is 236 cm³/mol. The van der Waals surface area contributed by atoms with Crippen molar-refractivity contribution in [1.29, 1.82) is 0 Å². The predicted octanol–water partition coefficient (Wildman–Crippen LogP) is 9.94. The Hall–Kier alpha value is -1.98. The first-order chi connectivity index (χ1) is 23.2. The first kappa shape index (κ1) is 46.0. The van der Waals surface area contributed by atoms with Crippen LogP contribution in [0.4, 0.5) is 0 Å². The molecule has 0 amide bonds. The first-order valence-corrected chi connectivity index (χ1v) is 35.5. The van der Waals surface area contributed by atoms with E-state index in [1.54, 1.807) is 0 Å². The van der Waals surface area contributed by atoms with Crippen molar-refractivity contribution in [2.45, 2.75) is 106 Å². The van der Waals surface area contributed by atoms with E-state index in [-0.39, 0.29) is 0 Å². The third-order valence-corrected chi connectivity index (χ3v) is 30.8. The zero-order valence-electron chi connectivity index (χ0n) is 34.2. The van der Waals surface area contributed by atoms with E-state index in [1.165, 1.54) is 20.7 Å². The molecule has 0 aromatic heterocycles. The summed E-state index contributed by atoms with van der Waals surface area (Å²) in [6.45, 7) is 34.8. The minimum Gasteiger partial charge on any atom is -0.433 e. The Bertz CT molecular complexity index is 1260. The molecule has 10 heteroatoms. The molecule has 0 unspecified atom stereocenters. The number of hydrogen-bond acceptors (Lipinski definition) is 4. The van der Waals surface area contributed by atoms with Gasteiger partial charge >= 0.3 is 17.1 Å². The average molecular weight is 781 g/mol. The van der Waals surface area contributed by atoms with Crippen LogP contribution in [0, 0.1) is 0 Å². The Balaban J connectivity index is 0.000000455. The molecule has 0 N–H and O–H groups in total. The summed E-state index contributed by atoms with van der Waals surface area (Å²) in [5.41, 5.74) is 0. The van der Waals surface area contributed by atoms with Crippen LogP contribution in [0.1, 0.15) is 27.7 Å². The van der Waals surface area contributed by atoms with E-state index in [1.807, 2.05) is 27.7 Å². The summed E-state index contributed by atoms with van der Waals surface area (Å²) >= 11 is 0. The SMILES string of the molecule is CC.CC.C[Si](C)(O[Si](C)(C)c1ccccc1)O[Si](C)(C)c1ccccc1.C[Si](C)(O[Si](C)(C)c1ccccc1)O[Si](C)(C)c1ccccc1. The van der Waals surface area contributed by atoms with Crippen LogP contribution >= 0.6 is 0 Å². The molecular weight excluding hydrogens is 713 g/mol. The van der Waals surface area contributed by atoms with Crippen molar-refractivity contribution >= 4 is 71.1 Å². The summed E-state index contributed by atoms with van der Waals surface area (Å²) in [6, 6.07) is 42.3. The van der Waals surface area contributed by atoms with E-state index in [2.05, 4.69) is 200 Å². The smallest absolute Gasteiger partial charge is 0.311 e. The van der Waals surface area contributed by atoms with Crippen molar-refractivity contribution in [2.24, 2.45) is 0 Å². The summed E-state index contributed by atoms with van der Waals surface area (Å²) in [7, 11) is -12.3. The highest BCUT2D eigenvalue weighted by Crippen LogP contribution is 2.22. The topological polar surface area (TPSA) is 36.9 Å². The van der Waals surface area contributed by atoms with Gasteiger partial charge in [-0.15, -0.1) is 0 Å². The fourth-order valence-corrected chi connectivity index (χ4v) is 32.7. The Labute approximate surface area is 313 Å². The van der Waals surface area contributed by atoms with Crippen molar-refractivity contribution < 1.29 is 16.5 Å². The van der Waals surface area contributed by atoms with Gasteiger partial charge in [0.25, 0.3) is 0 Å². The highest BCUT2D eigenvalue weighted by Gasteiger charge is 2.42. The van der Waals surface area contributed by atoms with E-state index in [9.17, 15) is 0 Å². The molecule has 4 nitrogen and oxygen atoms in total. The number of hydrogen-bond donors (Lipinski definition) is 0. The normalized spacial score (nSPS) is 12.3. The molecule has 0 heterocycles. The van der Waals surface area contributed by atoms with Crippen LogP contribution < -0.4 is 20.7 Å². The van der Waals surface area contributed by atoms with E-state index in [0.717, 1.165) is 0 Å². The van der Waals surface area contributed by atoms with Gasteiger partial charge in [-0.05, 0) is 99.3 Å². The monoisotopic (exact) mass is 780 g/mol. The molecular formula is C40H68O4Si6. The standard InChI is InChI=1S/2C18H28O2Si3.2C2H6/c2*1-21(2,17-13-9-7-10-14-17)19-23(5,6)20-22(3,4)18-15-11-8-12-16-18;2*1-2/h2*7-16H,1-6H3;2*1-2H3. The lowest BCUT2D eigenvalue weighted by Crippen LogP contribution is -2.59. The number of rotatable bonds is 12. The van der Waals surface area contributed by atoms with Crippen molar-refractivity contribution in [3.05, 3.63) is 121 Å². The molecule has 0 fully saturated rings. The molecule has 276 valence electrons. The molecule has 4 rings (SSSR count). The van der Waals surface area contributed by atoms with Gasteiger partial charge in [-0.3, -0.25) is 0 Å². The zero-order chi connectivity index (χ0) is 38.3. The largest absolute Gasteiger partial charge is 0.433 e. The minimum atomic E-state index is -2.22. The molecule has 50 heavy (non-hydrogen) atoms. The van der Waals surface area contributed by atoms with Crippen LogP contribution in [0.15, 0.2) is 121 Å². The third kappa shape index (κ3) is 15.3. The average Bonchev–Trinajstić information content (AvgIpc) is 3.06. The van der Waals surface area contributed by atoms with E-state index in [4.69, 9.17) is 16.5 Å².